The van der Waals surface area contributed by atoms with Gasteiger partial charge in [-0.1, -0.05) is 369 Å². The molecule has 0 aromatic heterocycles. The van der Waals surface area contributed by atoms with Crippen molar-refractivity contribution < 1.29 is 80.2 Å². The molecule has 0 aliphatic rings. The number of esters is 4. The molecule has 98 heavy (non-hydrogen) atoms. The second kappa shape index (κ2) is 72.0. The standard InChI is InChI=1S/C79H154O17P2/c1-6-9-12-15-18-21-24-26-27-30-34-38-43-48-53-58-63-77(82)90-69-75(96-79(84)65-60-55-50-45-40-35-31-28-29-33-37-41-46-51-56-61-72(4)5)71-94-98(87,88)92-67-73(80)66-91-97(85,86)93-70-74(68-89-76(81)62-57-52-47-42-36-23-20-17-14-11-8-3)95-78(83)64-59-54-49-44-39-32-25-22-19-16-13-10-7-2/h72-75,80H,6-71H2,1-5H3,(H,85,86)(H,87,88)/t73-,74+,75+/m0/s1. The summed E-state index contributed by atoms with van der Waals surface area (Å²) in [5, 5.41) is 10.6. The molecule has 0 rings (SSSR count). The van der Waals surface area contributed by atoms with E-state index in [4.69, 9.17) is 37.0 Å². The van der Waals surface area contributed by atoms with Crippen molar-refractivity contribution in [3.8, 4) is 0 Å². The number of hydrogen-bond donors (Lipinski definition) is 3. The Balaban J connectivity index is 5.25. The average molecular weight is 1440 g/mol. The fourth-order valence-corrected chi connectivity index (χ4v) is 13.8. The van der Waals surface area contributed by atoms with Gasteiger partial charge in [-0.15, -0.1) is 0 Å². The molecule has 0 aromatic carbocycles. The van der Waals surface area contributed by atoms with E-state index in [2.05, 4.69) is 34.6 Å². The highest BCUT2D eigenvalue weighted by atomic mass is 31.2. The highest BCUT2D eigenvalue weighted by Crippen LogP contribution is 2.45. The molecule has 0 saturated heterocycles. The quantitative estimate of drug-likeness (QED) is 0.0222. The number of aliphatic hydroxyl groups excluding tert-OH is 1. The van der Waals surface area contributed by atoms with Crippen LogP contribution >= 0.6 is 15.6 Å². The van der Waals surface area contributed by atoms with Gasteiger partial charge in [0, 0.05) is 25.7 Å². The molecule has 19 heteroatoms. The molecule has 0 aromatic rings. The number of unbranched alkanes of at least 4 members (excludes halogenated alkanes) is 51. The second-order valence-corrected chi connectivity index (χ2v) is 31.8. The predicted molar refractivity (Wildman–Crippen MR) is 400 cm³/mol. The molecule has 0 spiro atoms. The molecule has 0 fully saturated rings. The Morgan fingerprint density at radius 1 is 0.276 bits per heavy atom. The van der Waals surface area contributed by atoms with E-state index in [1.807, 2.05) is 0 Å². The Morgan fingerprint density at radius 3 is 0.694 bits per heavy atom. The van der Waals surface area contributed by atoms with Crippen LogP contribution in [0.3, 0.4) is 0 Å². The van der Waals surface area contributed by atoms with E-state index in [0.717, 1.165) is 95.8 Å². The molecular weight excluding hydrogens is 1280 g/mol. The predicted octanol–water partition coefficient (Wildman–Crippen LogP) is 23.6. The minimum atomic E-state index is -4.96. The molecule has 0 amide bonds. The molecular formula is C79H154O17P2. The summed E-state index contributed by atoms with van der Waals surface area (Å²) in [5.41, 5.74) is 0. The lowest BCUT2D eigenvalue weighted by Crippen LogP contribution is -2.30. The lowest BCUT2D eigenvalue weighted by molar-refractivity contribution is -0.161. The fourth-order valence-electron chi connectivity index (χ4n) is 12.2. The van der Waals surface area contributed by atoms with Gasteiger partial charge in [0.05, 0.1) is 26.4 Å². The van der Waals surface area contributed by atoms with Crippen molar-refractivity contribution in [3.05, 3.63) is 0 Å². The minimum absolute atomic E-state index is 0.108. The van der Waals surface area contributed by atoms with E-state index >= 15 is 0 Å². The molecule has 3 N–H and O–H groups in total. The van der Waals surface area contributed by atoms with Crippen LogP contribution in [0.1, 0.15) is 420 Å². The summed E-state index contributed by atoms with van der Waals surface area (Å²) in [5.74, 6) is -1.30. The number of rotatable bonds is 79. The van der Waals surface area contributed by atoms with Gasteiger partial charge in [0.2, 0.25) is 0 Å². The zero-order valence-electron chi connectivity index (χ0n) is 63.9. The van der Waals surface area contributed by atoms with E-state index in [-0.39, 0.29) is 25.7 Å². The van der Waals surface area contributed by atoms with Crippen LogP contribution in [-0.2, 0) is 65.4 Å². The lowest BCUT2D eigenvalue weighted by atomic mass is 10.0. The maximum absolute atomic E-state index is 13.1. The van der Waals surface area contributed by atoms with Crippen molar-refractivity contribution in [2.45, 2.75) is 438 Å². The number of ether oxygens (including phenoxy) is 4. The van der Waals surface area contributed by atoms with Crippen molar-refractivity contribution in [2.24, 2.45) is 5.92 Å². The number of aliphatic hydroxyl groups is 1. The summed E-state index contributed by atoms with van der Waals surface area (Å²) in [4.78, 5) is 73.0. The molecule has 0 radical (unpaired) electrons. The molecule has 0 aliphatic heterocycles. The van der Waals surface area contributed by atoms with Gasteiger partial charge >= 0.3 is 39.5 Å². The third kappa shape index (κ3) is 72.4. The van der Waals surface area contributed by atoms with Gasteiger partial charge in [0.25, 0.3) is 0 Å². The molecule has 0 saturated carbocycles. The molecule has 5 atom stereocenters. The summed E-state index contributed by atoms with van der Waals surface area (Å²) in [6, 6.07) is 0. The Kier molecular flexibility index (Phi) is 70.6. The van der Waals surface area contributed by atoms with Gasteiger partial charge in [-0.2, -0.15) is 0 Å². The van der Waals surface area contributed by atoms with E-state index in [9.17, 15) is 43.2 Å². The number of phosphoric acid groups is 2. The highest BCUT2D eigenvalue weighted by molar-refractivity contribution is 7.47. The Morgan fingerprint density at radius 2 is 0.469 bits per heavy atom. The van der Waals surface area contributed by atoms with Crippen molar-refractivity contribution in [1.82, 2.24) is 0 Å². The van der Waals surface area contributed by atoms with Gasteiger partial charge in [0.15, 0.2) is 12.2 Å². The smallest absolute Gasteiger partial charge is 0.462 e. The fraction of sp³-hybridized carbons (Fsp3) is 0.949. The van der Waals surface area contributed by atoms with Crippen LogP contribution in [0.5, 0.6) is 0 Å². The molecule has 0 aliphatic carbocycles. The summed E-state index contributed by atoms with van der Waals surface area (Å²) in [7, 11) is -9.91. The topological polar surface area (TPSA) is 237 Å². The maximum atomic E-state index is 13.1. The van der Waals surface area contributed by atoms with E-state index < -0.39 is 97.5 Å². The van der Waals surface area contributed by atoms with Crippen LogP contribution < -0.4 is 0 Å². The first-order chi connectivity index (χ1) is 47.5. The van der Waals surface area contributed by atoms with Gasteiger partial charge in [-0.25, -0.2) is 9.13 Å². The van der Waals surface area contributed by atoms with E-state index in [0.29, 0.717) is 25.7 Å². The average Bonchev–Trinajstić information content (AvgIpc) is 1.05. The van der Waals surface area contributed by atoms with E-state index in [1.165, 1.54) is 244 Å². The lowest BCUT2D eigenvalue weighted by Gasteiger charge is -2.21. The van der Waals surface area contributed by atoms with Gasteiger partial charge in [0.1, 0.15) is 19.3 Å². The molecule has 0 bridgehead atoms. The van der Waals surface area contributed by atoms with Gasteiger partial charge < -0.3 is 33.8 Å². The summed E-state index contributed by atoms with van der Waals surface area (Å²) >= 11 is 0. The maximum Gasteiger partial charge on any atom is 0.472 e. The van der Waals surface area contributed by atoms with Crippen LogP contribution in [-0.4, -0.2) is 96.7 Å². The Bertz CT molecular complexity index is 1870. The number of phosphoric ester groups is 2. The summed E-state index contributed by atoms with van der Waals surface area (Å²) < 4.78 is 68.7. The molecule has 0 heterocycles. The molecule has 17 nitrogen and oxygen atoms in total. The number of hydrogen-bond acceptors (Lipinski definition) is 15. The number of carbonyl (C=O) groups is 4. The first-order valence-electron chi connectivity index (χ1n) is 41.1. The second-order valence-electron chi connectivity index (χ2n) is 28.9. The van der Waals surface area contributed by atoms with Gasteiger partial charge in [-0.3, -0.25) is 37.3 Å². The zero-order chi connectivity index (χ0) is 71.9. The first-order valence-corrected chi connectivity index (χ1v) is 44.1. The molecule has 582 valence electrons. The van der Waals surface area contributed by atoms with Crippen LogP contribution in [0.15, 0.2) is 0 Å². The van der Waals surface area contributed by atoms with Crippen LogP contribution in [0.25, 0.3) is 0 Å². The van der Waals surface area contributed by atoms with Crippen molar-refractivity contribution in [1.29, 1.82) is 0 Å². The Hall–Kier alpha value is -1.94. The van der Waals surface area contributed by atoms with Crippen molar-refractivity contribution in [2.75, 3.05) is 39.6 Å². The minimum Gasteiger partial charge on any atom is -0.462 e. The van der Waals surface area contributed by atoms with Crippen LogP contribution in [0.2, 0.25) is 0 Å². The summed E-state index contributed by atoms with van der Waals surface area (Å²) in [6.45, 7) is 7.35. The third-order valence-electron chi connectivity index (χ3n) is 18.5. The Labute approximate surface area is 600 Å². The SMILES string of the molecule is CCCCCCCCCCCCCCCCCCC(=O)OC[C@H](COP(=O)(O)OC[C@@H](O)COP(=O)(O)OC[C@@H](COC(=O)CCCCCCCCCCCCC)OC(=O)CCCCCCCCCCCCCCC)OC(=O)CCCCCCCCCCCCCCCCCC(C)C. The molecule has 2 unspecified atom stereocenters. The normalized spacial score (nSPS) is 13.9. The monoisotopic (exact) mass is 1440 g/mol. The summed E-state index contributed by atoms with van der Waals surface area (Å²) in [6.07, 6.45) is 62.2. The van der Waals surface area contributed by atoms with E-state index in [1.54, 1.807) is 0 Å². The van der Waals surface area contributed by atoms with Crippen LogP contribution in [0, 0.1) is 5.92 Å². The highest BCUT2D eigenvalue weighted by Gasteiger charge is 2.30. The van der Waals surface area contributed by atoms with Gasteiger partial charge in [-0.05, 0) is 31.6 Å². The third-order valence-corrected chi connectivity index (χ3v) is 20.4. The zero-order valence-corrected chi connectivity index (χ0v) is 65.7. The van der Waals surface area contributed by atoms with Crippen molar-refractivity contribution >= 4 is 39.5 Å². The van der Waals surface area contributed by atoms with Crippen LogP contribution in [0.4, 0.5) is 0 Å². The first kappa shape index (κ1) is 96.1. The largest absolute Gasteiger partial charge is 0.472 e. The van der Waals surface area contributed by atoms with Crippen molar-refractivity contribution in [3.63, 3.8) is 0 Å². The number of carbonyl (C=O) groups excluding carboxylic acids is 4.